The molecule has 168 valence electrons. The summed E-state index contributed by atoms with van der Waals surface area (Å²) in [6.07, 6.45) is 0. The van der Waals surface area contributed by atoms with Crippen LogP contribution >= 0.6 is 11.5 Å². The number of halogens is 2. The zero-order valence-electron chi connectivity index (χ0n) is 16.9. The van der Waals surface area contributed by atoms with Crippen molar-refractivity contribution in [1.82, 2.24) is 14.6 Å². The molecule has 1 aliphatic rings. The number of primary amides is 1. The Morgan fingerprint density at radius 2 is 2.03 bits per heavy atom. The third-order valence-corrected chi connectivity index (χ3v) is 5.39. The van der Waals surface area contributed by atoms with E-state index in [4.69, 9.17) is 15.2 Å². The fourth-order valence-electron chi connectivity index (χ4n) is 2.92. The van der Waals surface area contributed by atoms with Crippen LogP contribution in [0.15, 0.2) is 12.1 Å². The van der Waals surface area contributed by atoms with Crippen LogP contribution in [0, 0.1) is 18.6 Å². The van der Waals surface area contributed by atoms with Gasteiger partial charge in [-0.2, -0.15) is 4.37 Å². The second-order valence-electron chi connectivity index (χ2n) is 6.87. The number of benzene rings is 1. The average Bonchev–Trinajstić information content (AvgIpc) is 3.13. The first-order chi connectivity index (χ1) is 14.8. The SMILES string of the molecule is Cc1cc(F)c(COc2nsc(NC(=O)NCCN3CCOCC3)c2C(N)=O)cc1F. The van der Waals surface area contributed by atoms with E-state index in [0.29, 0.717) is 26.3 Å². The highest BCUT2D eigenvalue weighted by atomic mass is 32.1. The first kappa shape index (κ1) is 22.8. The Balaban J connectivity index is 1.58. The Hall–Kier alpha value is -2.83. The van der Waals surface area contributed by atoms with Gasteiger partial charge in [-0.25, -0.2) is 13.6 Å². The minimum atomic E-state index is -0.872. The number of hydrogen-bond acceptors (Lipinski definition) is 7. The van der Waals surface area contributed by atoms with Crippen LogP contribution in [0.4, 0.5) is 18.6 Å². The lowest BCUT2D eigenvalue weighted by Crippen LogP contribution is -2.42. The summed E-state index contributed by atoms with van der Waals surface area (Å²) in [4.78, 5) is 26.2. The maximum atomic E-state index is 14.0. The summed E-state index contributed by atoms with van der Waals surface area (Å²) < 4.78 is 42.3. The van der Waals surface area contributed by atoms with Crippen LogP contribution in [-0.4, -0.2) is 60.6 Å². The molecule has 0 saturated carbocycles. The normalized spacial score (nSPS) is 14.3. The molecule has 0 radical (unpaired) electrons. The van der Waals surface area contributed by atoms with E-state index in [9.17, 15) is 18.4 Å². The van der Waals surface area contributed by atoms with Crippen LogP contribution in [0.2, 0.25) is 0 Å². The molecule has 1 saturated heterocycles. The van der Waals surface area contributed by atoms with Crippen molar-refractivity contribution in [1.29, 1.82) is 0 Å². The number of morpholine rings is 1. The van der Waals surface area contributed by atoms with Gasteiger partial charge in [0.05, 0.1) is 13.2 Å². The van der Waals surface area contributed by atoms with Gasteiger partial charge in [0, 0.05) is 31.7 Å². The second-order valence-corrected chi connectivity index (χ2v) is 7.65. The van der Waals surface area contributed by atoms with Crippen molar-refractivity contribution in [3.8, 4) is 5.88 Å². The number of nitrogens with two attached hydrogens (primary N) is 1. The van der Waals surface area contributed by atoms with E-state index in [1.807, 2.05) is 0 Å². The zero-order chi connectivity index (χ0) is 22.4. The standard InChI is InChI=1S/C19H23F2N5O4S/c1-11-8-14(21)12(9-13(11)20)10-30-17-15(16(22)27)18(31-25-17)24-19(28)23-2-3-26-4-6-29-7-5-26/h8-9H,2-7,10H2,1H3,(H2,22,27)(H2,23,24,28). The number of nitrogens with zero attached hydrogens (tertiary/aromatic N) is 2. The number of ether oxygens (including phenoxy) is 2. The Labute approximate surface area is 181 Å². The van der Waals surface area contributed by atoms with E-state index >= 15 is 0 Å². The smallest absolute Gasteiger partial charge is 0.319 e. The van der Waals surface area contributed by atoms with Crippen molar-refractivity contribution < 1.29 is 27.8 Å². The molecule has 1 aromatic heterocycles. The third kappa shape index (κ3) is 6.09. The molecular formula is C19H23F2N5O4S. The van der Waals surface area contributed by atoms with Gasteiger partial charge >= 0.3 is 6.03 Å². The molecule has 0 bridgehead atoms. The molecule has 3 amide bonds. The molecule has 9 nitrogen and oxygen atoms in total. The van der Waals surface area contributed by atoms with Crippen LogP contribution in [-0.2, 0) is 11.3 Å². The number of hydrogen-bond donors (Lipinski definition) is 3. The first-order valence-electron chi connectivity index (χ1n) is 9.57. The van der Waals surface area contributed by atoms with Crippen molar-refractivity contribution in [3.63, 3.8) is 0 Å². The van der Waals surface area contributed by atoms with Gasteiger partial charge in [0.1, 0.15) is 28.8 Å². The molecule has 1 aromatic carbocycles. The number of amides is 3. The second kappa shape index (κ2) is 10.5. The predicted octanol–water partition coefficient (Wildman–Crippen LogP) is 1.86. The number of carbonyl (C=O) groups is 2. The molecule has 12 heteroatoms. The van der Waals surface area contributed by atoms with Crippen molar-refractivity contribution in [2.24, 2.45) is 5.73 Å². The van der Waals surface area contributed by atoms with E-state index in [1.165, 1.54) is 6.92 Å². The van der Waals surface area contributed by atoms with Crippen LogP contribution < -0.4 is 21.1 Å². The summed E-state index contributed by atoms with van der Waals surface area (Å²) in [6.45, 7) is 5.07. The number of rotatable bonds is 8. The molecular weight excluding hydrogens is 432 g/mol. The van der Waals surface area contributed by atoms with Crippen molar-refractivity contribution in [3.05, 3.63) is 40.5 Å². The molecule has 1 aliphatic heterocycles. The van der Waals surface area contributed by atoms with Gasteiger partial charge < -0.3 is 20.5 Å². The number of nitrogens with one attached hydrogen (secondary N) is 2. The van der Waals surface area contributed by atoms with Crippen LogP contribution in [0.5, 0.6) is 5.88 Å². The fourth-order valence-corrected chi connectivity index (χ4v) is 3.66. The maximum Gasteiger partial charge on any atom is 0.319 e. The Bertz CT molecular complexity index is 950. The topological polar surface area (TPSA) is 119 Å². The van der Waals surface area contributed by atoms with Crippen molar-refractivity contribution in [2.75, 3.05) is 44.7 Å². The van der Waals surface area contributed by atoms with E-state index < -0.39 is 23.6 Å². The fraction of sp³-hybridized carbons (Fsp3) is 0.421. The quantitative estimate of drug-likeness (QED) is 0.559. The Morgan fingerprint density at radius 3 is 2.74 bits per heavy atom. The summed E-state index contributed by atoms with van der Waals surface area (Å²) in [5, 5.41) is 5.32. The van der Waals surface area contributed by atoms with E-state index in [1.54, 1.807) is 0 Å². The van der Waals surface area contributed by atoms with Gasteiger partial charge in [0.2, 0.25) is 5.88 Å². The number of aryl methyl sites for hydroxylation is 1. The highest BCUT2D eigenvalue weighted by Gasteiger charge is 2.22. The number of aromatic nitrogens is 1. The van der Waals surface area contributed by atoms with E-state index in [-0.39, 0.29) is 34.2 Å². The summed E-state index contributed by atoms with van der Waals surface area (Å²) in [5.74, 6) is -2.26. The van der Waals surface area contributed by atoms with Crippen LogP contribution in [0.3, 0.4) is 0 Å². The highest BCUT2D eigenvalue weighted by molar-refractivity contribution is 7.11. The van der Waals surface area contributed by atoms with Gasteiger partial charge in [0.15, 0.2) is 0 Å². The van der Waals surface area contributed by atoms with Crippen LogP contribution in [0.1, 0.15) is 21.5 Å². The lowest BCUT2D eigenvalue weighted by Gasteiger charge is -2.26. The molecule has 2 aromatic rings. The number of urea groups is 1. The minimum absolute atomic E-state index is 0.0399. The summed E-state index contributed by atoms with van der Waals surface area (Å²) in [6, 6.07) is 1.54. The van der Waals surface area contributed by atoms with Crippen molar-refractivity contribution >= 4 is 28.5 Å². The van der Waals surface area contributed by atoms with Crippen molar-refractivity contribution in [2.45, 2.75) is 13.5 Å². The van der Waals surface area contributed by atoms with E-state index in [0.717, 1.165) is 36.8 Å². The zero-order valence-corrected chi connectivity index (χ0v) is 17.7. The molecule has 3 rings (SSSR count). The number of carbonyl (C=O) groups excluding carboxylic acids is 2. The third-order valence-electron chi connectivity index (χ3n) is 4.64. The van der Waals surface area contributed by atoms with E-state index in [2.05, 4.69) is 19.9 Å². The monoisotopic (exact) mass is 455 g/mol. The van der Waals surface area contributed by atoms with Gasteiger partial charge in [-0.1, -0.05) is 0 Å². The maximum absolute atomic E-state index is 14.0. The van der Waals surface area contributed by atoms with Gasteiger partial charge in [-0.3, -0.25) is 15.0 Å². The predicted molar refractivity (Wildman–Crippen MR) is 110 cm³/mol. The van der Waals surface area contributed by atoms with Gasteiger partial charge in [-0.15, -0.1) is 0 Å². The minimum Gasteiger partial charge on any atom is -0.471 e. The van der Waals surface area contributed by atoms with Gasteiger partial charge in [0.25, 0.3) is 5.91 Å². The van der Waals surface area contributed by atoms with Crippen LogP contribution in [0.25, 0.3) is 0 Å². The summed E-state index contributed by atoms with van der Waals surface area (Å²) in [5.41, 5.74) is 5.39. The summed E-state index contributed by atoms with van der Waals surface area (Å²) >= 11 is 0.797. The molecule has 2 heterocycles. The summed E-state index contributed by atoms with van der Waals surface area (Å²) in [7, 11) is 0. The lowest BCUT2D eigenvalue weighted by molar-refractivity contribution is 0.0388. The molecule has 0 atom stereocenters. The number of anilines is 1. The molecule has 0 spiro atoms. The molecule has 4 N–H and O–H groups in total. The molecule has 0 unspecified atom stereocenters. The Morgan fingerprint density at radius 1 is 1.29 bits per heavy atom. The highest BCUT2D eigenvalue weighted by Crippen LogP contribution is 2.31. The largest absolute Gasteiger partial charge is 0.471 e. The molecule has 1 fully saturated rings. The first-order valence-corrected chi connectivity index (χ1v) is 10.3. The average molecular weight is 455 g/mol. The molecule has 0 aliphatic carbocycles. The lowest BCUT2D eigenvalue weighted by atomic mass is 10.1. The van der Waals surface area contributed by atoms with Gasteiger partial charge in [-0.05, 0) is 36.2 Å². The molecule has 31 heavy (non-hydrogen) atoms. The Kier molecular flexibility index (Phi) is 7.71.